The Bertz CT molecular complexity index is 532. The summed E-state index contributed by atoms with van der Waals surface area (Å²) in [5.74, 6) is -0.503. The molecule has 1 aliphatic heterocycles. The second-order valence-electron chi connectivity index (χ2n) is 4.84. The molecule has 0 aliphatic carbocycles. The molecule has 114 valence electrons. The van der Waals surface area contributed by atoms with Crippen molar-refractivity contribution in [3.8, 4) is 5.75 Å². The summed E-state index contributed by atoms with van der Waals surface area (Å²) in [6.45, 7) is 0.291. The third-order valence-corrected chi connectivity index (χ3v) is 3.12. The van der Waals surface area contributed by atoms with Crippen LogP contribution in [0.3, 0.4) is 0 Å². The molecule has 0 bridgehead atoms. The van der Waals surface area contributed by atoms with Crippen LogP contribution in [-0.2, 0) is 16.0 Å². The number of fused-ring (bicyclic) bond motifs is 1. The van der Waals surface area contributed by atoms with Gasteiger partial charge in [-0.2, -0.15) is 0 Å². The summed E-state index contributed by atoms with van der Waals surface area (Å²) in [6.07, 6.45) is 0.440. The molecule has 4 N–H and O–H groups in total. The van der Waals surface area contributed by atoms with E-state index in [0.29, 0.717) is 24.4 Å². The summed E-state index contributed by atoms with van der Waals surface area (Å²) in [7, 11) is 0. The number of carboxylic acids is 1. The Hall–Kier alpha value is -2.12. The highest BCUT2D eigenvalue weighted by Crippen LogP contribution is 2.28. The molecule has 0 saturated heterocycles. The van der Waals surface area contributed by atoms with Crippen LogP contribution in [0.25, 0.3) is 0 Å². The fourth-order valence-corrected chi connectivity index (χ4v) is 2.24. The van der Waals surface area contributed by atoms with Crippen LogP contribution in [0.4, 0.5) is 5.69 Å². The van der Waals surface area contributed by atoms with Crippen molar-refractivity contribution in [2.45, 2.75) is 18.9 Å². The molecule has 2 rings (SSSR count). The van der Waals surface area contributed by atoms with Gasteiger partial charge in [-0.1, -0.05) is 6.07 Å². The molecule has 21 heavy (non-hydrogen) atoms. The lowest BCUT2D eigenvalue weighted by Gasteiger charge is -2.20. The Labute approximate surface area is 121 Å². The molecule has 1 atom stereocenters. The van der Waals surface area contributed by atoms with Gasteiger partial charge in [-0.05, 0) is 24.1 Å². The Morgan fingerprint density at radius 1 is 1.48 bits per heavy atom. The minimum atomic E-state index is -0.903. The molecule has 0 radical (unpaired) electrons. The van der Waals surface area contributed by atoms with Crippen LogP contribution in [0.15, 0.2) is 18.2 Å². The number of carbonyl (C=O) groups is 2. The monoisotopic (exact) mass is 294 g/mol. The zero-order chi connectivity index (χ0) is 15.2. The van der Waals surface area contributed by atoms with Crippen LogP contribution >= 0.6 is 0 Å². The van der Waals surface area contributed by atoms with Crippen LogP contribution in [0, 0.1) is 0 Å². The number of amides is 1. The van der Waals surface area contributed by atoms with Crippen molar-refractivity contribution < 1.29 is 24.5 Å². The summed E-state index contributed by atoms with van der Waals surface area (Å²) in [6, 6.07) is 5.09. The third-order valence-electron chi connectivity index (χ3n) is 3.12. The zero-order valence-corrected chi connectivity index (χ0v) is 11.5. The zero-order valence-electron chi connectivity index (χ0n) is 11.5. The number of aliphatic hydroxyl groups excluding tert-OH is 1. The number of carbonyl (C=O) groups excluding carboxylic acids is 1. The average Bonchev–Trinajstić information content (AvgIpc) is 2.43. The standard InChI is InChI=1S/C14H18N2O5/c17-4-3-15-10(7-14(19)20)5-9-1-2-12-11(6-9)16-13(18)8-21-12/h1-2,6,10,15,17H,3-5,7-8H2,(H,16,18)(H,19,20). The summed E-state index contributed by atoms with van der Waals surface area (Å²) in [5.41, 5.74) is 1.48. The van der Waals surface area contributed by atoms with Gasteiger partial charge in [-0.3, -0.25) is 9.59 Å². The number of hydrogen-bond acceptors (Lipinski definition) is 5. The van der Waals surface area contributed by atoms with Crippen LogP contribution in [0.2, 0.25) is 0 Å². The second-order valence-corrected chi connectivity index (χ2v) is 4.84. The third kappa shape index (κ3) is 4.44. The van der Waals surface area contributed by atoms with E-state index in [2.05, 4.69) is 10.6 Å². The molecular weight excluding hydrogens is 276 g/mol. The lowest BCUT2D eigenvalue weighted by molar-refractivity contribution is -0.137. The molecule has 1 heterocycles. The smallest absolute Gasteiger partial charge is 0.304 e. The molecular formula is C14H18N2O5. The van der Waals surface area contributed by atoms with Gasteiger partial charge >= 0.3 is 5.97 Å². The first-order valence-electron chi connectivity index (χ1n) is 6.70. The first-order valence-corrected chi connectivity index (χ1v) is 6.70. The number of aliphatic hydroxyl groups is 1. The van der Waals surface area contributed by atoms with Gasteiger partial charge in [0.15, 0.2) is 6.61 Å². The second kappa shape index (κ2) is 7.05. The van der Waals surface area contributed by atoms with Crippen molar-refractivity contribution in [1.29, 1.82) is 0 Å². The van der Waals surface area contributed by atoms with Crippen LogP contribution in [0.1, 0.15) is 12.0 Å². The van der Waals surface area contributed by atoms with Gasteiger partial charge in [0.2, 0.25) is 0 Å². The number of ether oxygens (including phenoxy) is 1. The van der Waals surface area contributed by atoms with Crippen LogP contribution in [0.5, 0.6) is 5.75 Å². The molecule has 0 aromatic heterocycles. The first kappa shape index (κ1) is 15.3. The topological polar surface area (TPSA) is 108 Å². The quantitative estimate of drug-likeness (QED) is 0.563. The predicted octanol–water partition coefficient (Wildman–Crippen LogP) is -0.0148. The molecule has 1 aromatic carbocycles. The summed E-state index contributed by atoms with van der Waals surface area (Å²) < 4.78 is 5.27. The molecule has 0 spiro atoms. The van der Waals surface area contributed by atoms with Crippen molar-refractivity contribution >= 4 is 17.6 Å². The van der Waals surface area contributed by atoms with Gasteiger partial charge in [0.05, 0.1) is 18.7 Å². The Morgan fingerprint density at radius 3 is 3.00 bits per heavy atom. The van der Waals surface area contributed by atoms with Gasteiger partial charge in [-0.25, -0.2) is 0 Å². The maximum absolute atomic E-state index is 11.3. The number of aliphatic carboxylic acids is 1. The van der Waals surface area contributed by atoms with E-state index in [1.807, 2.05) is 6.07 Å². The minimum absolute atomic E-state index is 0.00599. The van der Waals surface area contributed by atoms with Crippen molar-refractivity contribution in [2.24, 2.45) is 0 Å². The number of hydrogen-bond donors (Lipinski definition) is 4. The molecule has 1 unspecified atom stereocenters. The fourth-order valence-electron chi connectivity index (χ4n) is 2.24. The highest BCUT2D eigenvalue weighted by Gasteiger charge is 2.18. The molecule has 1 amide bonds. The maximum atomic E-state index is 11.3. The van der Waals surface area contributed by atoms with Crippen LogP contribution < -0.4 is 15.4 Å². The average molecular weight is 294 g/mol. The lowest BCUT2D eigenvalue weighted by Crippen LogP contribution is -2.35. The highest BCUT2D eigenvalue weighted by molar-refractivity contribution is 5.95. The largest absolute Gasteiger partial charge is 0.482 e. The van der Waals surface area contributed by atoms with Gasteiger partial charge in [0, 0.05) is 12.6 Å². The van der Waals surface area contributed by atoms with E-state index in [0.717, 1.165) is 5.56 Å². The SMILES string of the molecule is O=C(O)CC(Cc1ccc2c(c1)NC(=O)CO2)NCCO. The summed E-state index contributed by atoms with van der Waals surface area (Å²) in [4.78, 5) is 22.2. The van der Waals surface area contributed by atoms with Gasteiger partial charge in [0.25, 0.3) is 5.91 Å². The Kier molecular flexibility index (Phi) is 5.13. The van der Waals surface area contributed by atoms with Crippen molar-refractivity contribution in [3.05, 3.63) is 23.8 Å². The molecule has 1 aromatic rings. The highest BCUT2D eigenvalue weighted by atomic mass is 16.5. The number of anilines is 1. The van der Waals surface area contributed by atoms with E-state index >= 15 is 0 Å². The summed E-state index contributed by atoms with van der Waals surface area (Å²) >= 11 is 0. The lowest BCUT2D eigenvalue weighted by atomic mass is 10.0. The van der Waals surface area contributed by atoms with E-state index in [4.69, 9.17) is 14.9 Å². The molecule has 1 aliphatic rings. The first-order chi connectivity index (χ1) is 10.1. The molecule has 0 fully saturated rings. The summed E-state index contributed by atoms with van der Waals surface area (Å²) in [5, 5.41) is 23.4. The number of rotatable bonds is 7. The van der Waals surface area contributed by atoms with Crippen molar-refractivity contribution in [2.75, 3.05) is 25.1 Å². The molecule has 7 heteroatoms. The number of benzene rings is 1. The predicted molar refractivity (Wildman–Crippen MR) is 75.4 cm³/mol. The van der Waals surface area contributed by atoms with E-state index < -0.39 is 5.97 Å². The van der Waals surface area contributed by atoms with Crippen molar-refractivity contribution in [3.63, 3.8) is 0 Å². The fraction of sp³-hybridized carbons (Fsp3) is 0.429. The molecule has 0 saturated carbocycles. The normalized spacial score (nSPS) is 14.8. The van der Waals surface area contributed by atoms with E-state index in [1.165, 1.54) is 0 Å². The van der Waals surface area contributed by atoms with E-state index in [-0.39, 0.29) is 31.6 Å². The van der Waals surface area contributed by atoms with Gasteiger partial charge in [0.1, 0.15) is 5.75 Å². The number of nitrogens with one attached hydrogen (secondary N) is 2. The maximum Gasteiger partial charge on any atom is 0.304 e. The Balaban J connectivity index is 2.07. The number of carboxylic acid groups (broad SMARTS) is 1. The minimum Gasteiger partial charge on any atom is -0.482 e. The van der Waals surface area contributed by atoms with E-state index in [9.17, 15) is 9.59 Å². The Morgan fingerprint density at radius 2 is 2.29 bits per heavy atom. The van der Waals surface area contributed by atoms with Gasteiger partial charge < -0.3 is 25.6 Å². The van der Waals surface area contributed by atoms with Gasteiger partial charge in [-0.15, -0.1) is 0 Å². The van der Waals surface area contributed by atoms with E-state index in [1.54, 1.807) is 12.1 Å². The molecule has 7 nitrogen and oxygen atoms in total. The van der Waals surface area contributed by atoms with Crippen molar-refractivity contribution in [1.82, 2.24) is 5.32 Å². The van der Waals surface area contributed by atoms with Crippen LogP contribution in [-0.4, -0.2) is 47.9 Å².